The zero-order chi connectivity index (χ0) is 22.6. The summed E-state index contributed by atoms with van der Waals surface area (Å²) in [6.45, 7) is 4.43. The van der Waals surface area contributed by atoms with E-state index < -0.39 is 0 Å². The standard InChI is InChI=1S/C26H22N4O2S/c1-2-14-30-24(15-18-8-4-3-5-9-18)28-29-26(30)33-17-25(31)27-19-12-13-21-20-10-6-7-11-22(20)32-23(21)16-19/h2-13,16H,1,14-15,17H2,(H,27,31). The van der Waals surface area contributed by atoms with Crippen molar-refractivity contribution in [2.24, 2.45) is 0 Å². The Labute approximate surface area is 195 Å². The molecule has 0 bridgehead atoms. The monoisotopic (exact) mass is 454 g/mol. The summed E-state index contributed by atoms with van der Waals surface area (Å²) in [5.41, 5.74) is 3.44. The van der Waals surface area contributed by atoms with Crippen molar-refractivity contribution in [2.75, 3.05) is 11.1 Å². The molecule has 0 fully saturated rings. The number of anilines is 1. The van der Waals surface area contributed by atoms with Crippen LogP contribution < -0.4 is 5.32 Å². The molecule has 5 rings (SSSR count). The molecular formula is C26H22N4O2S. The Kier molecular flexibility index (Phi) is 5.95. The number of thioether (sulfide) groups is 1. The van der Waals surface area contributed by atoms with Crippen molar-refractivity contribution in [3.8, 4) is 0 Å². The molecule has 0 aliphatic carbocycles. The second kappa shape index (κ2) is 9.34. The van der Waals surface area contributed by atoms with Crippen LogP contribution >= 0.6 is 11.8 Å². The number of nitrogens with one attached hydrogen (secondary N) is 1. The number of hydrogen-bond donors (Lipinski definition) is 1. The van der Waals surface area contributed by atoms with Crippen LogP contribution in [0.5, 0.6) is 0 Å². The molecule has 33 heavy (non-hydrogen) atoms. The van der Waals surface area contributed by atoms with Gasteiger partial charge < -0.3 is 14.3 Å². The van der Waals surface area contributed by atoms with Crippen molar-refractivity contribution in [3.63, 3.8) is 0 Å². The number of rotatable bonds is 8. The molecule has 1 amide bonds. The van der Waals surface area contributed by atoms with Gasteiger partial charge in [0, 0.05) is 35.5 Å². The van der Waals surface area contributed by atoms with Crippen LogP contribution in [0.1, 0.15) is 11.4 Å². The summed E-state index contributed by atoms with van der Waals surface area (Å²) in [4.78, 5) is 12.6. The van der Waals surface area contributed by atoms with Gasteiger partial charge >= 0.3 is 0 Å². The molecule has 1 N–H and O–H groups in total. The van der Waals surface area contributed by atoms with Gasteiger partial charge in [-0.15, -0.1) is 16.8 Å². The number of aromatic nitrogens is 3. The smallest absolute Gasteiger partial charge is 0.234 e. The minimum absolute atomic E-state index is 0.117. The Balaban J connectivity index is 1.27. The normalized spacial score (nSPS) is 11.2. The number of fused-ring (bicyclic) bond motifs is 3. The van der Waals surface area contributed by atoms with Gasteiger partial charge in [-0.1, -0.05) is 66.4 Å². The fourth-order valence-corrected chi connectivity index (χ4v) is 4.54. The van der Waals surface area contributed by atoms with E-state index in [0.29, 0.717) is 23.8 Å². The van der Waals surface area contributed by atoms with Crippen molar-refractivity contribution in [1.29, 1.82) is 0 Å². The molecule has 0 radical (unpaired) electrons. The van der Waals surface area contributed by atoms with Crippen molar-refractivity contribution in [1.82, 2.24) is 14.8 Å². The highest BCUT2D eigenvalue weighted by Crippen LogP contribution is 2.30. The van der Waals surface area contributed by atoms with Gasteiger partial charge in [-0.05, 0) is 23.8 Å². The van der Waals surface area contributed by atoms with Crippen molar-refractivity contribution in [2.45, 2.75) is 18.1 Å². The largest absolute Gasteiger partial charge is 0.456 e. The molecule has 3 aromatic carbocycles. The van der Waals surface area contributed by atoms with Gasteiger partial charge in [0.2, 0.25) is 5.91 Å². The van der Waals surface area contributed by atoms with E-state index in [1.54, 1.807) is 0 Å². The quantitative estimate of drug-likeness (QED) is 0.241. The van der Waals surface area contributed by atoms with Gasteiger partial charge in [0.15, 0.2) is 5.16 Å². The Morgan fingerprint density at radius 3 is 2.64 bits per heavy atom. The average molecular weight is 455 g/mol. The highest BCUT2D eigenvalue weighted by atomic mass is 32.2. The summed E-state index contributed by atoms with van der Waals surface area (Å²) in [5.74, 6) is 0.950. The SMILES string of the molecule is C=CCn1c(Cc2ccccc2)nnc1SCC(=O)Nc1ccc2c(c1)oc1ccccc12. The molecule has 0 aliphatic heterocycles. The number of allylic oxidation sites excluding steroid dienone is 1. The lowest BCUT2D eigenvalue weighted by Gasteiger charge is -2.08. The average Bonchev–Trinajstić information content (AvgIpc) is 3.39. The summed E-state index contributed by atoms with van der Waals surface area (Å²) in [6, 6.07) is 23.8. The van der Waals surface area contributed by atoms with E-state index in [0.717, 1.165) is 33.3 Å². The van der Waals surface area contributed by atoms with Crippen LogP contribution in [0.3, 0.4) is 0 Å². The van der Waals surface area contributed by atoms with Gasteiger partial charge in [-0.25, -0.2) is 0 Å². The van der Waals surface area contributed by atoms with Gasteiger partial charge in [0.05, 0.1) is 5.75 Å². The maximum Gasteiger partial charge on any atom is 0.234 e. The summed E-state index contributed by atoms with van der Waals surface area (Å²) in [7, 11) is 0. The topological polar surface area (TPSA) is 73.0 Å². The number of para-hydroxylation sites is 1. The summed E-state index contributed by atoms with van der Waals surface area (Å²) in [6.07, 6.45) is 2.48. The fraction of sp³-hybridized carbons (Fsp3) is 0.115. The molecule has 2 aromatic heterocycles. The lowest BCUT2D eigenvalue weighted by molar-refractivity contribution is -0.113. The summed E-state index contributed by atoms with van der Waals surface area (Å²) < 4.78 is 7.91. The summed E-state index contributed by atoms with van der Waals surface area (Å²) >= 11 is 1.36. The van der Waals surface area contributed by atoms with Gasteiger partial charge in [0.1, 0.15) is 17.0 Å². The van der Waals surface area contributed by atoms with Crippen molar-refractivity contribution < 1.29 is 9.21 Å². The van der Waals surface area contributed by atoms with Gasteiger partial charge in [-0.2, -0.15) is 0 Å². The van der Waals surface area contributed by atoms with Crippen LogP contribution in [0.25, 0.3) is 21.9 Å². The number of benzene rings is 3. The van der Waals surface area contributed by atoms with Crippen LogP contribution in [0.2, 0.25) is 0 Å². The predicted octanol–water partition coefficient (Wildman–Crippen LogP) is 5.69. The van der Waals surface area contributed by atoms with E-state index in [1.165, 1.54) is 11.8 Å². The number of amides is 1. The lowest BCUT2D eigenvalue weighted by atomic mass is 10.1. The second-order valence-corrected chi connectivity index (χ2v) is 8.55. The fourth-order valence-electron chi connectivity index (χ4n) is 3.78. The third kappa shape index (κ3) is 4.54. The molecular weight excluding hydrogens is 432 g/mol. The first-order valence-electron chi connectivity index (χ1n) is 10.6. The second-order valence-electron chi connectivity index (χ2n) is 7.61. The zero-order valence-corrected chi connectivity index (χ0v) is 18.7. The summed E-state index contributed by atoms with van der Waals surface area (Å²) in [5, 5.41) is 14.4. The van der Waals surface area contributed by atoms with E-state index in [1.807, 2.05) is 71.3 Å². The third-order valence-corrected chi connectivity index (χ3v) is 6.27. The Hall–Kier alpha value is -3.84. The molecule has 5 aromatic rings. The number of nitrogens with zero attached hydrogens (tertiary/aromatic N) is 3. The molecule has 0 saturated carbocycles. The van der Waals surface area contributed by atoms with Crippen LogP contribution in [-0.2, 0) is 17.8 Å². The molecule has 0 saturated heterocycles. The Bertz CT molecular complexity index is 1440. The number of hydrogen-bond acceptors (Lipinski definition) is 5. The van der Waals surface area contributed by atoms with E-state index in [4.69, 9.17) is 4.42 Å². The van der Waals surface area contributed by atoms with Crippen LogP contribution in [0.15, 0.2) is 95.0 Å². The predicted molar refractivity (Wildman–Crippen MR) is 133 cm³/mol. The minimum Gasteiger partial charge on any atom is -0.456 e. The first-order chi connectivity index (χ1) is 16.2. The maximum atomic E-state index is 12.6. The lowest BCUT2D eigenvalue weighted by Crippen LogP contribution is -2.14. The van der Waals surface area contributed by atoms with Gasteiger partial charge in [0.25, 0.3) is 0 Å². The molecule has 0 unspecified atom stereocenters. The highest BCUT2D eigenvalue weighted by Gasteiger charge is 2.15. The maximum absolute atomic E-state index is 12.6. The molecule has 6 nitrogen and oxygen atoms in total. The van der Waals surface area contributed by atoms with Gasteiger partial charge in [-0.3, -0.25) is 4.79 Å². The Morgan fingerprint density at radius 1 is 1.00 bits per heavy atom. The van der Waals surface area contributed by atoms with Crippen LogP contribution in [0.4, 0.5) is 5.69 Å². The molecule has 0 aliphatic rings. The number of furan rings is 1. The van der Waals surface area contributed by atoms with Crippen molar-refractivity contribution in [3.05, 3.63) is 96.8 Å². The zero-order valence-electron chi connectivity index (χ0n) is 17.9. The Morgan fingerprint density at radius 2 is 1.79 bits per heavy atom. The third-order valence-electron chi connectivity index (χ3n) is 5.31. The van der Waals surface area contributed by atoms with E-state index in [2.05, 4.69) is 34.2 Å². The molecule has 0 spiro atoms. The number of carbonyl (C=O) groups excluding carboxylic acids is 1. The molecule has 164 valence electrons. The van der Waals surface area contributed by atoms with E-state index >= 15 is 0 Å². The van der Waals surface area contributed by atoms with E-state index in [9.17, 15) is 4.79 Å². The first-order valence-corrected chi connectivity index (χ1v) is 11.6. The number of carbonyl (C=O) groups is 1. The van der Waals surface area contributed by atoms with Crippen molar-refractivity contribution >= 4 is 45.3 Å². The highest BCUT2D eigenvalue weighted by molar-refractivity contribution is 7.99. The van der Waals surface area contributed by atoms with Crippen LogP contribution in [0, 0.1) is 0 Å². The van der Waals surface area contributed by atoms with E-state index in [-0.39, 0.29) is 11.7 Å². The molecule has 2 heterocycles. The molecule has 0 atom stereocenters. The first kappa shape index (κ1) is 21.0. The van der Waals surface area contributed by atoms with Crippen LogP contribution in [-0.4, -0.2) is 26.4 Å². The minimum atomic E-state index is -0.117. The molecule has 7 heteroatoms.